The molecule has 8 heteroatoms. The van der Waals surface area contributed by atoms with E-state index in [4.69, 9.17) is 11.6 Å². The average Bonchev–Trinajstić information content (AvgIpc) is 2.74. The summed E-state index contributed by atoms with van der Waals surface area (Å²) in [7, 11) is 0. The van der Waals surface area contributed by atoms with Crippen LogP contribution >= 0.6 is 11.6 Å². The highest BCUT2D eigenvalue weighted by atomic mass is 35.5. The van der Waals surface area contributed by atoms with Crippen LogP contribution in [0, 0.1) is 0 Å². The standard InChI is InChI=1S/C22H13ClF3NO3/c23-18-11-10-16(12-17(18)22(24,25)26)27-21(30)15-8-6-14(7-9-15)20(29)19(28)13-4-2-1-3-5-13/h1-12H,(H,27,30). The fourth-order valence-electron chi connectivity index (χ4n) is 2.65. The number of ketones is 2. The van der Waals surface area contributed by atoms with Gasteiger partial charge in [0, 0.05) is 22.4 Å². The molecule has 0 heterocycles. The van der Waals surface area contributed by atoms with Gasteiger partial charge >= 0.3 is 6.18 Å². The lowest BCUT2D eigenvalue weighted by Gasteiger charge is -2.12. The largest absolute Gasteiger partial charge is 0.417 e. The Hall–Kier alpha value is -3.45. The molecule has 3 rings (SSSR count). The van der Waals surface area contributed by atoms with E-state index in [0.29, 0.717) is 0 Å². The summed E-state index contributed by atoms with van der Waals surface area (Å²) >= 11 is 5.56. The van der Waals surface area contributed by atoms with Crippen LogP contribution in [0.4, 0.5) is 18.9 Å². The minimum absolute atomic E-state index is 0.0869. The highest BCUT2D eigenvalue weighted by Crippen LogP contribution is 2.36. The molecule has 0 bridgehead atoms. The van der Waals surface area contributed by atoms with Crippen molar-refractivity contribution in [2.75, 3.05) is 5.32 Å². The molecule has 1 amide bonds. The lowest BCUT2D eigenvalue weighted by molar-refractivity contribution is -0.137. The quantitative estimate of drug-likeness (QED) is 0.418. The minimum atomic E-state index is -4.66. The smallest absolute Gasteiger partial charge is 0.322 e. The molecule has 0 spiro atoms. The first kappa shape index (κ1) is 21.3. The Morgan fingerprint density at radius 3 is 1.83 bits per heavy atom. The van der Waals surface area contributed by atoms with Crippen LogP contribution in [0.25, 0.3) is 0 Å². The number of anilines is 1. The van der Waals surface area contributed by atoms with Gasteiger partial charge in [-0.2, -0.15) is 13.2 Å². The van der Waals surface area contributed by atoms with Gasteiger partial charge in [-0.25, -0.2) is 0 Å². The van der Waals surface area contributed by atoms with Gasteiger partial charge in [0.2, 0.25) is 11.6 Å². The van der Waals surface area contributed by atoms with Gasteiger partial charge in [-0.3, -0.25) is 14.4 Å². The summed E-state index contributed by atoms with van der Waals surface area (Å²) in [6, 6.07) is 16.3. The molecule has 0 aliphatic heterocycles. The van der Waals surface area contributed by atoms with E-state index in [-0.39, 0.29) is 22.4 Å². The second-order valence-electron chi connectivity index (χ2n) is 6.25. The zero-order valence-electron chi connectivity index (χ0n) is 15.2. The maximum absolute atomic E-state index is 12.9. The third-order valence-corrected chi connectivity index (χ3v) is 4.51. The number of benzene rings is 3. The van der Waals surface area contributed by atoms with Gasteiger partial charge in [-0.1, -0.05) is 54.1 Å². The molecule has 0 radical (unpaired) electrons. The van der Waals surface area contributed by atoms with Crippen molar-refractivity contribution in [1.82, 2.24) is 0 Å². The van der Waals surface area contributed by atoms with Gasteiger partial charge in [0.25, 0.3) is 5.91 Å². The predicted molar refractivity (Wildman–Crippen MR) is 106 cm³/mol. The molecule has 0 atom stereocenters. The Labute approximate surface area is 174 Å². The molecule has 0 aliphatic rings. The number of halogens is 4. The van der Waals surface area contributed by atoms with Gasteiger partial charge in [-0.15, -0.1) is 0 Å². The lowest BCUT2D eigenvalue weighted by Crippen LogP contribution is -2.16. The summed E-state index contributed by atoms with van der Waals surface area (Å²) in [6.07, 6.45) is -4.66. The van der Waals surface area contributed by atoms with Crippen molar-refractivity contribution in [3.8, 4) is 0 Å². The van der Waals surface area contributed by atoms with Gasteiger partial charge < -0.3 is 5.32 Å². The number of Topliss-reactive ketones (excluding diaryl/α,β-unsaturated/α-hetero) is 2. The highest BCUT2D eigenvalue weighted by Gasteiger charge is 2.33. The van der Waals surface area contributed by atoms with Crippen LogP contribution in [0.5, 0.6) is 0 Å². The van der Waals surface area contributed by atoms with Crippen molar-refractivity contribution in [3.05, 3.63) is 100 Å². The van der Waals surface area contributed by atoms with Crippen LogP contribution in [0.15, 0.2) is 72.8 Å². The summed E-state index contributed by atoms with van der Waals surface area (Å²) in [4.78, 5) is 36.8. The Morgan fingerprint density at radius 2 is 1.27 bits per heavy atom. The first-order chi connectivity index (χ1) is 14.2. The zero-order valence-corrected chi connectivity index (χ0v) is 15.9. The van der Waals surface area contributed by atoms with Crippen molar-refractivity contribution in [2.45, 2.75) is 6.18 Å². The second-order valence-corrected chi connectivity index (χ2v) is 6.66. The van der Waals surface area contributed by atoms with Crippen LogP contribution in [0.3, 0.4) is 0 Å². The van der Waals surface area contributed by atoms with Gasteiger partial charge in [0.05, 0.1) is 10.6 Å². The van der Waals surface area contributed by atoms with Crippen molar-refractivity contribution >= 4 is 34.8 Å². The number of amides is 1. The normalized spacial score (nSPS) is 11.1. The van der Waals surface area contributed by atoms with E-state index in [9.17, 15) is 27.6 Å². The molecular formula is C22H13ClF3NO3. The predicted octanol–water partition coefficient (Wildman–Crippen LogP) is 5.68. The van der Waals surface area contributed by atoms with Crippen LogP contribution in [-0.2, 0) is 6.18 Å². The molecule has 1 N–H and O–H groups in total. The number of alkyl halides is 3. The lowest BCUT2D eigenvalue weighted by atomic mass is 10.0. The molecule has 0 saturated carbocycles. The highest BCUT2D eigenvalue weighted by molar-refractivity contribution is 6.49. The number of carbonyl (C=O) groups is 3. The first-order valence-electron chi connectivity index (χ1n) is 8.59. The van der Waals surface area contributed by atoms with E-state index in [2.05, 4.69) is 5.32 Å². The van der Waals surface area contributed by atoms with Crippen molar-refractivity contribution < 1.29 is 27.6 Å². The molecule has 152 valence electrons. The van der Waals surface area contributed by atoms with Crippen LogP contribution in [0.2, 0.25) is 5.02 Å². The zero-order chi connectivity index (χ0) is 21.9. The van der Waals surface area contributed by atoms with Crippen LogP contribution in [-0.4, -0.2) is 17.5 Å². The van der Waals surface area contributed by atoms with Crippen LogP contribution in [0.1, 0.15) is 36.6 Å². The van der Waals surface area contributed by atoms with E-state index in [1.54, 1.807) is 18.2 Å². The molecule has 3 aromatic carbocycles. The average molecular weight is 432 g/mol. The van der Waals surface area contributed by atoms with E-state index >= 15 is 0 Å². The maximum atomic E-state index is 12.9. The molecule has 0 saturated heterocycles. The maximum Gasteiger partial charge on any atom is 0.417 e. The summed E-state index contributed by atoms with van der Waals surface area (Å²) in [5.74, 6) is -2.10. The monoisotopic (exact) mass is 431 g/mol. The Balaban J connectivity index is 1.74. The Morgan fingerprint density at radius 1 is 0.733 bits per heavy atom. The van der Waals surface area contributed by atoms with E-state index < -0.39 is 34.2 Å². The molecule has 0 aromatic heterocycles. The van der Waals surface area contributed by atoms with Crippen molar-refractivity contribution in [3.63, 3.8) is 0 Å². The summed E-state index contributed by atoms with van der Waals surface area (Å²) < 4.78 is 38.8. The van der Waals surface area contributed by atoms with Crippen LogP contribution < -0.4 is 5.32 Å². The Bertz CT molecular complexity index is 1110. The number of rotatable bonds is 5. The second kappa shape index (κ2) is 8.51. The third kappa shape index (κ3) is 4.75. The molecule has 0 fully saturated rings. The fourth-order valence-corrected chi connectivity index (χ4v) is 2.87. The topological polar surface area (TPSA) is 63.2 Å². The van der Waals surface area contributed by atoms with Crippen molar-refractivity contribution in [2.24, 2.45) is 0 Å². The summed E-state index contributed by atoms with van der Waals surface area (Å²) in [5.41, 5.74) is -0.723. The van der Waals surface area contributed by atoms with Gasteiger partial charge in [0.1, 0.15) is 0 Å². The van der Waals surface area contributed by atoms with Gasteiger partial charge in [0.15, 0.2) is 0 Å². The number of hydrogen-bond acceptors (Lipinski definition) is 3. The molecule has 0 aliphatic carbocycles. The SMILES string of the molecule is O=C(Nc1ccc(Cl)c(C(F)(F)F)c1)c1ccc(C(=O)C(=O)c2ccccc2)cc1. The molecular weight excluding hydrogens is 419 g/mol. The molecule has 30 heavy (non-hydrogen) atoms. The summed E-state index contributed by atoms with van der Waals surface area (Å²) in [6.45, 7) is 0. The number of nitrogens with one attached hydrogen (secondary N) is 1. The van der Waals surface area contributed by atoms with Gasteiger partial charge in [-0.05, 0) is 30.3 Å². The summed E-state index contributed by atoms with van der Waals surface area (Å²) in [5, 5.41) is 1.87. The molecule has 0 unspecified atom stereocenters. The third-order valence-electron chi connectivity index (χ3n) is 4.18. The Kier molecular flexibility index (Phi) is 6.03. The van der Waals surface area contributed by atoms with E-state index in [1.165, 1.54) is 42.5 Å². The number of carbonyl (C=O) groups excluding carboxylic acids is 3. The van der Waals surface area contributed by atoms with Crippen molar-refractivity contribution in [1.29, 1.82) is 0 Å². The number of hydrogen-bond donors (Lipinski definition) is 1. The first-order valence-corrected chi connectivity index (χ1v) is 8.97. The van der Waals surface area contributed by atoms with E-state index in [0.717, 1.165) is 12.1 Å². The molecule has 4 nitrogen and oxygen atoms in total. The van der Waals surface area contributed by atoms with E-state index in [1.807, 2.05) is 0 Å². The fraction of sp³-hybridized carbons (Fsp3) is 0.0455. The molecule has 3 aromatic rings. The minimum Gasteiger partial charge on any atom is -0.322 e.